The molecule has 5 heteroatoms. The van der Waals surface area contributed by atoms with Crippen LogP contribution in [0.2, 0.25) is 0 Å². The topological polar surface area (TPSA) is 52.6 Å². The van der Waals surface area contributed by atoms with E-state index in [1.54, 1.807) is 55.5 Å². The fourth-order valence-corrected chi connectivity index (χ4v) is 2.15. The average Bonchev–Trinajstić information content (AvgIpc) is 2.54. The molecule has 114 valence electrons. The Bertz CT molecular complexity index is 679. The van der Waals surface area contributed by atoms with E-state index in [1.807, 2.05) is 0 Å². The molecule has 0 aliphatic carbocycles. The number of carbonyl (C=O) groups is 2. The Labute approximate surface area is 137 Å². The molecule has 0 bridgehead atoms. The highest BCUT2D eigenvalue weighted by molar-refractivity contribution is 9.10. The molecule has 2 rings (SSSR count). The van der Waals surface area contributed by atoms with E-state index in [-0.39, 0.29) is 5.78 Å². The van der Waals surface area contributed by atoms with Crippen LogP contribution in [0.15, 0.2) is 53.0 Å². The zero-order valence-electron chi connectivity index (χ0n) is 12.2. The van der Waals surface area contributed by atoms with E-state index in [9.17, 15) is 9.59 Å². The van der Waals surface area contributed by atoms with Crippen molar-refractivity contribution in [3.05, 3.63) is 64.1 Å². The number of ketones is 1. The lowest BCUT2D eigenvalue weighted by molar-refractivity contribution is 0.0318. The van der Waals surface area contributed by atoms with E-state index in [4.69, 9.17) is 9.47 Å². The van der Waals surface area contributed by atoms with Gasteiger partial charge in [-0.1, -0.05) is 34.1 Å². The summed E-state index contributed by atoms with van der Waals surface area (Å²) in [6.45, 7) is 1.56. The van der Waals surface area contributed by atoms with Gasteiger partial charge in [0.2, 0.25) is 5.78 Å². The maximum Gasteiger partial charge on any atom is 0.338 e. The first-order valence-corrected chi connectivity index (χ1v) is 7.45. The summed E-state index contributed by atoms with van der Waals surface area (Å²) >= 11 is 3.31. The van der Waals surface area contributed by atoms with Crippen molar-refractivity contribution in [1.82, 2.24) is 0 Å². The van der Waals surface area contributed by atoms with Crippen LogP contribution in [0, 0.1) is 0 Å². The smallest absolute Gasteiger partial charge is 0.338 e. The fraction of sp³-hybridized carbons (Fsp3) is 0.176. The second kappa shape index (κ2) is 7.22. The van der Waals surface area contributed by atoms with Gasteiger partial charge in [0.25, 0.3) is 0 Å². The van der Waals surface area contributed by atoms with E-state index in [2.05, 4.69) is 15.9 Å². The van der Waals surface area contributed by atoms with Crippen LogP contribution in [0.4, 0.5) is 0 Å². The Balaban J connectivity index is 2.07. The molecular weight excluding hydrogens is 348 g/mol. The van der Waals surface area contributed by atoms with Crippen LogP contribution in [0.5, 0.6) is 5.75 Å². The summed E-state index contributed by atoms with van der Waals surface area (Å²) in [7, 11) is 1.52. The maximum absolute atomic E-state index is 12.2. The molecule has 1 unspecified atom stereocenters. The first-order valence-electron chi connectivity index (χ1n) is 6.66. The van der Waals surface area contributed by atoms with Crippen LogP contribution >= 0.6 is 15.9 Å². The minimum absolute atomic E-state index is 0.247. The molecule has 0 saturated heterocycles. The highest BCUT2D eigenvalue weighted by Gasteiger charge is 2.20. The monoisotopic (exact) mass is 362 g/mol. The van der Waals surface area contributed by atoms with Crippen molar-refractivity contribution in [3.63, 3.8) is 0 Å². The minimum Gasteiger partial charge on any atom is -0.497 e. The van der Waals surface area contributed by atoms with Crippen LogP contribution in [0.3, 0.4) is 0 Å². The minimum atomic E-state index is -0.861. The molecule has 0 radical (unpaired) electrons. The molecule has 0 aromatic heterocycles. The lowest BCUT2D eigenvalue weighted by Crippen LogP contribution is -2.24. The van der Waals surface area contributed by atoms with Gasteiger partial charge in [-0.3, -0.25) is 4.79 Å². The zero-order chi connectivity index (χ0) is 16.1. The Morgan fingerprint density at radius 2 is 1.73 bits per heavy atom. The third-order valence-electron chi connectivity index (χ3n) is 3.09. The van der Waals surface area contributed by atoms with Crippen LogP contribution in [-0.2, 0) is 4.74 Å². The molecule has 0 fully saturated rings. The number of hydrogen-bond acceptors (Lipinski definition) is 4. The van der Waals surface area contributed by atoms with Crippen molar-refractivity contribution in [2.75, 3.05) is 7.11 Å². The summed E-state index contributed by atoms with van der Waals surface area (Å²) in [5.74, 6) is -0.248. The highest BCUT2D eigenvalue weighted by atomic mass is 79.9. The highest BCUT2D eigenvalue weighted by Crippen LogP contribution is 2.16. The molecule has 2 aromatic carbocycles. The second-order valence-corrected chi connectivity index (χ2v) is 5.57. The molecule has 4 nitrogen and oxygen atoms in total. The summed E-state index contributed by atoms with van der Waals surface area (Å²) in [4.78, 5) is 24.3. The van der Waals surface area contributed by atoms with Crippen LogP contribution < -0.4 is 4.74 Å². The Hall–Kier alpha value is -2.14. The Morgan fingerprint density at radius 1 is 1.05 bits per heavy atom. The van der Waals surface area contributed by atoms with Gasteiger partial charge in [0.05, 0.1) is 12.7 Å². The zero-order valence-corrected chi connectivity index (χ0v) is 13.8. The van der Waals surface area contributed by atoms with Gasteiger partial charge in [-0.2, -0.15) is 0 Å². The molecule has 2 aromatic rings. The Kier molecular flexibility index (Phi) is 5.33. The molecule has 0 heterocycles. The normalized spacial score (nSPS) is 11.6. The van der Waals surface area contributed by atoms with Gasteiger partial charge in [-0.05, 0) is 37.3 Å². The summed E-state index contributed by atoms with van der Waals surface area (Å²) in [5, 5.41) is 0. The van der Waals surface area contributed by atoms with Gasteiger partial charge >= 0.3 is 5.97 Å². The lowest BCUT2D eigenvalue weighted by atomic mass is 10.1. The molecular formula is C17H15BrO4. The molecule has 0 spiro atoms. The van der Waals surface area contributed by atoms with Crippen LogP contribution in [0.25, 0.3) is 0 Å². The first-order chi connectivity index (χ1) is 10.5. The van der Waals surface area contributed by atoms with E-state index < -0.39 is 12.1 Å². The van der Waals surface area contributed by atoms with Gasteiger partial charge in [0.1, 0.15) is 5.75 Å². The molecule has 0 saturated carbocycles. The van der Waals surface area contributed by atoms with Crippen molar-refractivity contribution in [2.24, 2.45) is 0 Å². The van der Waals surface area contributed by atoms with Gasteiger partial charge in [0.15, 0.2) is 6.10 Å². The Morgan fingerprint density at radius 3 is 2.36 bits per heavy atom. The molecule has 0 aliphatic rings. The summed E-state index contributed by atoms with van der Waals surface area (Å²) in [6.07, 6.45) is -0.861. The molecule has 0 aliphatic heterocycles. The van der Waals surface area contributed by atoms with Crippen LogP contribution in [0.1, 0.15) is 27.6 Å². The molecule has 0 amide bonds. The van der Waals surface area contributed by atoms with Gasteiger partial charge in [-0.25, -0.2) is 4.79 Å². The fourth-order valence-electron chi connectivity index (χ4n) is 1.88. The summed E-state index contributed by atoms with van der Waals surface area (Å²) < 4.78 is 11.2. The summed E-state index contributed by atoms with van der Waals surface area (Å²) in [6, 6.07) is 13.5. The van der Waals surface area contributed by atoms with Crippen molar-refractivity contribution in [1.29, 1.82) is 0 Å². The number of benzene rings is 2. The van der Waals surface area contributed by atoms with E-state index in [0.29, 0.717) is 16.9 Å². The van der Waals surface area contributed by atoms with Crippen molar-refractivity contribution >= 4 is 27.7 Å². The number of halogens is 1. The maximum atomic E-state index is 12.2. The number of esters is 1. The van der Waals surface area contributed by atoms with E-state index in [1.165, 1.54) is 7.11 Å². The number of hydrogen-bond donors (Lipinski definition) is 0. The number of carbonyl (C=O) groups excluding carboxylic acids is 2. The predicted octanol–water partition coefficient (Wildman–Crippen LogP) is 3.89. The number of rotatable bonds is 5. The quantitative estimate of drug-likeness (QED) is 0.598. The number of methoxy groups -OCH3 is 1. The molecule has 22 heavy (non-hydrogen) atoms. The molecule has 0 N–H and O–H groups in total. The third-order valence-corrected chi connectivity index (χ3v) is 3.62. The van der Waals surface area contributed by atoms with Gasteiger partial charge in [0, 0.05) is 10.0 Å². The van der Waals surface area contributed by atoms with E-state index >= 15 is 0 Å². The van der Waals surface area contributed by atoms with Crippen LogP contribution in [-0.4, -0.2) is 25.0 Å². The average molecular weight is 363 g/mol. The lowest BCUT2D eigenvalue weighted by Gasteiger charge is -2.13. The number of Topliss-reactive ketones (excluding diaryl/α,β-unsaturated/α-hetero) is 1. The first kappa shape index (κ1) is 16.2. The van der Waals surface area contributed by atoms with Crippen molar-refractivity contribution < 1.29 is 19.1 Å². The van der Waals surface area contributed by atoms with Gasteiger partial charge in [-0.15, -0.1) is 0 Å². The summed E-state index contributed by atoms with van der Waals surface area (Å²) in [5.41, 5.74) is 0.837. The van der Waals surface area contributed by atoms with E-state index in [0.717, 1.165) is 4.47 Å². The molecule has 1 atom stereocenters. The predicted molar refractivity (Wildman–Crippen MR) is 86.3 cm³/mol. The SMILES string of the molecule is COc1cccc(C(=O)OC(C)C(=O)c2ccc(Br)cc2)c1. The van der Waals surface area contributed by atoms with Crippen molar-refractivity contribution in [3.8, 4) is 5.75 Å². The third kappa shape index (κ3) is 3.95. The van der Waals surface area contributed by atoms with Gasteiger partial charge < -0.3 is 9.47 Å². The largest absolute Gasteiger partial charge is 0.497 e. The van der Waals surface area contributed by atoms with Crippen molar-refractivity contribution in [2.45, 2.75) is 13.0 Å². The standard InChI is InChI=1S/C17H15BrO4/c1-11(16(19)12-6-8-14(18)9-7-12)22-17(20)13-4-3-5-15(10-13)21-2/h3-11H,1-2H3. The second-order valence-electron chi connectivity index (χ2n) is 4.65. The number of ether oxygens (including phenoxy) is 2.